The van der Waals surface area contributed by atoms with E-state index in [0.29, 0.717) is 5.75 Å². The molecular weight excluding hydrogens is 322 g/mol. The molecule has 5 nitrogen and oxygen atoms in total. The van der Waals surface area contributed by atoms with Crippen LogP contribution in [0.1, 0.15) is 22.3 Å². The van der Waals surface area contributed by atoms with Crippen LogP contribution < -0.4 is 5.32 Å². The van der Waals surface area contributed by atoms with E-state index >= 15 is 0 Å². The summed E-state index contributed by atoms with van der Waals surface area (Å²) in [6.45, 7) is 1.96. The van der Waals surface area contributed by atoms with Crippen LogP contribution >= 0.6 is 11.8 Å². The second kappa shape index (κ2) is 5.87. The number of thioether (sulfide) groups is 1. The number of benzene rings is 1. The molecule has 0 fully saturated rings. The lowest BCUT2D eigenvalue weighted by atomic mass is 10.1. The number of furan rings is 1. The van der Waals surface area contributed by atoms with Crippen LogP contribution in [0.2, 0.25) is 0 Å². The topological polar surface area (TPSA) is 60.1 Å². The Bertz CT molecular complexity index is 898. The predicted molar refractivity (Wildman–Crippen MR) is 95.0 cm³/mol. The Morgan fingerprint density at radius 1 is 1.25 bits per heavy atom. The second-order valence-corrected chi connectivity index (χ2v) is 6.87. The van der Waals surface area contributed by atoms with Crippen molar-refractivity contribution >= 4 is 23.5 Å². The lowest BCUT2D eigenvalue weighted by molar-refractivity contribution is -0.113. The first-order valence-corrected chi connectivity index (χ1v) is 8.78. The third-order valence-corrected chi connectivity index (χ3v) is 5.34. The SMILES string of the molecule is Cc1nn(C)c2c1C(c1ccc(-c3ccccc3)o1)SCC(=O)N2. The minimum Gasteiger partial charge on any atom is -0.460 e. The van der Waals surface area contributed by atoms with E-state index in [1.165, 1.54) is 0 Å². The van der Waals surface area contributed by atoms with Crippen molar-refractivity contribution in [1.29, 1.82) is 0 Å². The molecule has 3 aromatic rings. The Balaban J connectivity index is 1.77. The van der Waals surface area contributed by atoms with Gasteiger partial charge in [-0.2, -0.15) is 5.10 Å². The molecule has 1 aliphatic rings. The van der Waals surface area contributed by atoms with Crippen LogP contribution in [-0.2, 0) is 11.8 Å². The van der Waals surface area contributed by atoms with Gasteiger partial charge in [-0.25, -0.2) is 0 Å². The molecule has 1 unspecified atom stereocenters. The highest BCUT2D eigenvalue weighted by Gasteiger charge is 2.31. The van der Waals surface area contributed by atoms with Crippen molar-refractivity contribution in [2.75, 3.05) is 11.1 Å². The van der Waals surface area contributed by atoms with E-state index in [2.05, 4.69) is 10.4 Å². The Morgan fingerprint density at radius 3 is 2.83 bits per heavy atom. The first-order valence-electron chi connectivity index (χ1n) is 7.73. The zero-order valence-electron chi connectivity index (χ0n) is 13.4. The molecule has 1 aliphatic heterocycles. The van der Waals surface area contributed by atoms with Crippen LogP contribution in [0.5, 0.6) is 0 Å². The van der Waals surface area contributed by atoms with Gasteiger partial charge in [0.2, 0.25) is 5.91 Å². The van der Waals surface area contributed by atoms with Crippen molar-refractivity contribution in [3.05, 3.63) is 59.5 Å². The second-order valence-electron chi connectivity index (χ2n) is 5.78. The monoisotopic (exact) mass is 339 g/mol. The lowest BCUT2D eigenvalue weighted by Gasteiger charge is -2.12. The summed E-state index contributed by atoms with van der Waals surface area (Å²) in [5.74, 6) is 2.80. The molecule has 24 heavy (non-hydrogen) atoms. The number of carbonyl (C=O) groups is 1. The molecule has 1 amide bonds. The molecule has 0 radical (unpaired) electrons. The number of rotatable bonds is 2. The molecule has 2 aromatic heterocycles. The highest BCUT2D eigenvalue weighted by molar-refractivity contribution is 8.00. The van der Waals surface area contributed by atoms with E-state index < -0.39 is 0 Å². The molecular formula is C18H17N3O2S. The molecule has 122 valence electrons. The minimum absolute atomic E-state index is 0.0124. The third kappa shape index (κ3) is 2.53. The quantitative estimate of drug-likeness (QED) is 0.772. The van der Waals surface area contributed by atoms with Crippen molar-refractivity contribution in [1.82, 2.24) is 9.78 Å². The third-order valence-electron chi connectivity index (χ3n) is 4.11. The fraction of sp³-hybridized carbons (Fsp3) is 0.222. The Hall–Kier alpha value is -2.47. The van der Waals surface area contributed by atoms with Crippen LogP contribution in [0.25, 0.3) is 11.3 Å². The summed E-state index contributed by atoms with van der Waals surface area (Å²) >= 11 is 1.56. The van der Waals surface area contributed by atoms with Crippen LogP contribution in [0.3, 0.4) is 0 Å². The van der Waals surface area contributed by atoms with Crippen molar-refractivity contribution in [2.45, 2.75) is 12.2 Å². The van der Waals surface area contributed by atoms with Gasteiger partial charge in [0.05, 0.1) is 16.7 Å². The Labute approximate surface area is 144 Å². The van der Waals surface area contributed by atoms with E-state index in [0.717, 1.165) is 34.2 Å². The molecule has 0 bridgehead atoms. The van der Waals surface area contributed by atoms with E-state index in [9.17, 15) is 4.79 Å². The highest BCUT2D eigenvalue weighted by atomic mass is 32.2. The molecule has 1 aromatic carbocycles. The number of aryl methyl sites for hydroxylation is 2. The van der Waals surface area contributed by atoms with Gasteiger partial charge in [-0.3, -0.25) is 9.48 Å². The normalized spacial score (nSPS) is 17.2. The fourth-order valence-corrected chi connectivity index (χ4v) is 4.15. The molecule has 1 atom stereocenters. The molecule has 4 rings (SSSR count). The van der Waals surface area contributed by atoms with Crippen LogP contribution in [0.4, 0.5) is 5.82 Å². The number of anilines is 1. The maximum absolute atomic E-state index is 12.0. The summed E-state index contributed by atoms with van der Waals surface area (Å²) in [6, 6.07) is 14.0. The summed E-state index contributed by atoms with van der Waals surface area (Å²) in [4.78, 5) is 12.0. The largest absolute Gasteiger partial charge is 0.460 e. The van der Waals surface area contributed by atoms with Gasteiger partial charge in [0, 0.05) is 18.2 Å². The fourth-order valence-electron chi connectivity index (χ4n) is 3.02. The summed E-state index contributed by atoms with van der Waals surface area (Å²) in [7, 11) is 1.84. The number of aromatic nitrogens is 2. The molecule has 3 heterocycles. The summed E-state index contributed by atoms with van der Waals surface area (Å²) in [6.07, 6.45) is 0. The Morgan fingerprint density at radius 2 is 2.04 bits per heavy atom. The number of carbonyl (C=O) groups excluding carboxylic acids is 1. The molecule has 0 saturated heterocycles. The maximum Gasteiger partial charge on any atom is 0.235 e. The van der Waals surface area contributed by atoms with E-state index in [1.54, 1.807) is 16.4 Å². The number of nitrogens with one attached hydrogen (secondary N) is 1. The van der Waals surface area contributed by atoms with Gasteiger partial charge in [0.1, 0.15) is 17.3 Å². The van der Waals surface area contributed by atoms with Crippen LogP contribution in [0, 0.1) is 6.92 Å². The van der Waals surface area contributed by atoms with E-state index in [-0.39, 0.29) is 11.2 Å². The van der Waals surface area contributed by atoms with Gasteiger partial charge in [0.15, 0.2) is 0 Å². The smallest absolute Gasteiger partial charge is 0.235 e. The summed E-state index contributed by atoms with van der Waals surface area (Å²) in [5.41, 5.74) is 2.96. The number of fused-ring (bicyclic) bond motifs is 1. The van der Waals surface area contributed by atoms with Gasteiger partial charge in [-0.05, 0) is 19.1 Å². The summed E-state index contributed by atoms with van der Waals surface area (Å²) < 4.78 is 7.85. The number of hydrogen-bond acceptors (Lipinski definition) is 4. The first-order chi connectivity index (χ1) is 11.6. The van der Waals surface area contributed by atoms with E-state index in [4.69, 9.17) is 4.42 Å². The Kier molecular flexibility index (Phi) is 3.69. The zero-order valence-corrected chi connectivity index (χ0v) is 14.3. The number of nitrogens with zero attached hydrogens (tertiary/aromatic N) is 2. The van der Waals surface area contributed by atoms with Crippen molar-refractivity contribution < 1.29 is 9.21 Å². The zero-order chi connectivity index (χ0) is 16.7. The van der Waals surface area contributed by atoms with Crippen molar-refractivity contribution in [3.63, 3.8) is 0 Å². The van der Waals surface area contributed by atoms with Gasteiger partial charge < -0.3 is 9.73 Å². The molecule has 0 spiro atoms. The molecule has 6 heteroatoms. The number of hydrogen-bond donors (Lipinski definition) is 1. The lowest BCUT2D eigenvalue weighted by Crippen LogP contribution is -2.15. The van der Waals surface area contributed by atoms with Crippen LogP contribution in [0.15, 0.2) is 46.9 Å². The minimum atomic E-state index is -0.0508. The van der Waals surface area contributed by atoms with Gasteiger partial charge >= 0.3 is 0 Å². The summed E-state index contributed by atoms with van der Waals surface area (Å²) in [5, 5.41) is 7.35. The van der Waals surface area contributed by atoms with Crippen molar-refractivity contribution in [3.8, 4) is 11.3 Å². The average molecular weight is 339 g/mol. The average Bonchev–Trinajstić information content (AvgIpc) is 3.11. The molecule has 1 N–H and O–H groups in total. The molecule has 0 saturated carbocycles. The van der Waals surface area contributed by atoms with Gasteiger partial charge in [0.25, 0.3) is 0 Å². The maximum atomic E-state index is 12.0. The van der Waals surface area contributed by atoms with Crippen molar-refractivity contribution in [2.24, 2.45) is 7.05 Å². The van der Waals surface area contributed by atoms with Crippen LogP contribution in [-0.4, -0.2) is 21.4 Å². The van der Waals surface area contributed by atoms with E-state index in [1.807, 2.05) is 56.4 Å². The first kappa shape index (κ1) is 15.1. The predicted octanol–water partition coefficient (Wildman–Crippen LogP) is 3.76. The van der Waals surface area contributed by atoms with Gasteiger partial charge in [-0.1, -0.05) is 30.3 Å². The number of amides is 1. The van der Waals surface area contributed by atoms with Gasteiger partial charge in [-0.15, -0.1) is 11.8 Å². The standard InChI is InChI=1S/C18H17N3O2S/c1-11-16-17(24-10-15(22)19-18(16)21(2)20-11)14-9-8-13(23-14)12-6-4-3-5-7-12/h3-9,17H,10H2,1-2H3,(H,19,22). The molecule has 0 aliphatic carbocycles. The highest BCUT2D eigenvalue weighted by Crippen LogP contribution is 2.44.